The summed E-state index contributed by atoms with van der Waals surface area (Å²) in [5.74, 6) is -0.356. The lowest BCUT2D eigenvalue weighted by Gasteiger charge is -2.21. The van der Waals surface area contributed by atoms with Gasteiger partial charge in [-0.2, -0.15) is 0 Å². The van der Waals surface area contributed by atoms with E-state index >= 15 is 0 Å². The molecule has 0 unspecified atom stereocenters. The second kappa shape index (κ2) is 4.74. The van der Waals surface area contributed by atoms with Crippen LogP contribution in [0.4, 0.5) is 0 Å². The van der Waals surface area contributed by atoms with Crippen LogP contribution in [0.1, 0.15) is 45.3 Å². The average molecular weight is 255 g/mol. The number of rotatable bonds is 4. The Labute approximate surface area is 107 Å². The summed E-state index contributed by atoms with van der Waals surface area (Å²) in [6.45, 7) is 10.5. The Morgan fingerprint density at radius 3 is 2.41 bits per heavy atom. The second-order valence-corrected chi connectivity index (χ2v) is 6.66. The number of amides is 1. The molecule has 0 aliphatic carbocycles. The van der Waals surface area contributed by atoms with Gasteiger partial charge in [-0.25, -0.2) is 4.98 Å². The van der Waals surface area contributed by atoms with E-state index in [2.05, 4.69) is 36.5 Å². The van der Waals surface area contributed by atoms with E-state index in [0.717, 1.165) is 10.7 Å². The SMILES string of the molecule is CC(C)(NCc1nc(C(C)(C)C)cs1)C(N)=O. The molecule has 0 spiro atoms. The van der Waals surface area contributed by atoms with Crippen molar-refractivity contribution in [2.45, 2.75) is 52.1 Å². The first-order chi connectivity index (χ1) is 7.63. The first-order valence-electron chi connectivity index (χ1n) is 5.63. The summed E-state index contributed by atoms with van der Waals surface area (Å²) in [4.78, 5) is 15.7. The molecule has 4 nitrogen and oxygen atoms in total. The van der Waals surface area contributed by atoms with Crippen LogP contribution in [0.5, 0.6) is 0 Å². The number of aromatic nitrogens is 1. The third kappa shape index (κ3) is 3.78. The Morgan fingerprint density at radius 2 is 2.00 bits per heavy atom. The largest absolute Gasteiger partial charge is 0.368 e. The van der Waals surface area contributed by atoms with Crippen LogP contribution in [0.15, 0.2) is 5.38 Å². The fraction of sp³-hybridized carbons (Fsp3) is 0.667. The van der Waals surface area contributed by atoms with Crippen molar-refractivity contribution in [3.63, 3.8) is 0 Å². The average Bonchev–Trinajstić information content (AvgIpc) is 2.62. The molecule has 96 valence electrons. The molecule has 0 saturated carbocycles. The number of nitrogens with one attached hydrogen (secondary N) is 1. The molecule has 0 aromatic carbocycles. The second-order valence-electron chi connectivity index (χ2n) is 5.72. The molecule has 0 aliphatic rings. The smallest absolute Gasteiger partial charge is 0.237 e. The maximum atomic E-state index is 11.1. The van der Waals surface area contributed by atoms with Crippen LogP contribution in [0, 0.1) is 0 Å². The lowest BCUT2D eigenvalue weighted by Crippen LogP contribution is -2.50. The first kappa shape index (κ1) is 14.1. The minimum atomic E-state index is -0.701. The van der Waals surface area contributed by atoms with Crippen molar-refractivity contribution in [3.05, 3.63) is 16.1 Å². The number of primary amides is 1. The van der Waals surface area contributed by atoms with E-state index in [1.807, 2.05) is 0 Å². The molecule has 0 saturated heterocycles. The summed E-state index contributed by atoms with van der Waals surface area (Å²) in [5.41, 5.74) is 5.73. The van der Waals surface area contributed by atoms with E-state index < -0.39 is 5.54 Å². The Morgan fingerprint density at radius 1 is 1.41 bits per heavy atom. The van der Waals surface area contributed by atoms with Crippen molar-refractivity contribution in [3.8, 4) is 0 Å². The molecule has 3 N–H and O–H groups in total. The van der Waals surface area contributed by atoms with E-state index in [1.165, 1.54) is 0 Å². The molecule has 1 rings (SSSR count). The Hall–Kier alpha value is -0.940. The number of carbonyl (C=O) groups is 1. The van der Waals surface area contributed by atoms with Gasteiger partial charge < -0.3 is 5.73 Å². The van der Waals surface area contributed by atoms with Crippen molar-refractivity contribution in [2.24, 2.45) is 5.73 Å². The van der Waals surface area contributed by atoms with E-state index in [0.29, 0.717) is 6.54 Å². The standard InChI is InChI=1S/C12H21N3OS/c1-11(2,3)8-7-17-9(15-8)6-14-12(4,5)10(13)16/h7,14H,6H2,1-5H3,(H2,13,16). The zero-order chi connectivity index (χ0) is 13.3. The van der Waals surface area contributed by atoms with Gasteiger partial charge in [-0.15, -0.1) is 11.3 Å². The van der Waals surface area contributed by atoms with E-state index in [9.17, 15) is 4.79 Å². The number of carbonyl (C=O) groups excluding carboxylic acids is 1. The predicted molar refractivity (Wildman–Crippen MR) is 70.9 cm³/mol. The molecular weight excluding hydrogens is 234 g/mol. The fourth-order valence-electron chi connectivity index (χ4n) is 1.12. The van der Waals surface area contributed by atoms with Crippen LogP contribution >= 0.6 is 11.3 Å². The topological polar surface area (TPSA) is 68.0 Å². The van der Waals surface area contributed by atoms with Crippen LogP contribution in [-0.4, -0.2) is 16.4 Å². The molecular formula is C12H21N3OS. The minimum absolute atomic E-state index is 0.0634. The molecule has 0 radical (unpaired) electrons. The quantitative estimate of drug-likeness (QED) is 0.862. The van der Waals surface area contributed by atoms with Gasteiger partial charge in [-0.3, -0.25) is 10.1 Å². The number of thiazole rings is 1. The Kier molecular flexibility index (Phi) is 3.94. The summed E-state index contributed by atoms with van der Waals surface area (Å²) in [5, 5.41) is 6.15. The third-order valence-electron chi connectivity index (χ3n) is 2.62. The highest BCUT2D eigenvalue weighted by Gasteiger charge is 2.24. The van der Waals surface area contributed by atoms with Gasteiger partial charge in [0, 0.05) is 17.3 Å². The van der Waals surface area contributed by atoms with Crippen LogP contribution in [-0.2, 0) is 16.8 Å². The van der Waals surface area contributed by atoms with Gasteiger partial charge in [0.15, 0.2) is 0 Å². The van der Waals surface area contributed by atoms with E-state index in [4.69, 9.17) is 5.73 Å². The molecule has 1 aromatic rings. The molecule has 5 heteroatoms. The zero-order valence-corrected chi connectivity index (χ0v) is 11.9. The van der Waals surface area contributed by atoms with Gasteiger partial charge in [0.2, 0.25) is 5.91 Å². The number of nitrogens with two attached hydrogens (primary N) is 1. The molecule has 0 bridgehead atoms. The van der Waals surface area contributed by atoms with Crippen LogP contribution in [0.3, 0.4) is 0 Å². The van der Waals surface area contributed by atoms with Gasteiger partial charge in [-0.05, 0) is 13.8 Å². The zero-order valence-electron chi connectivity index (χ0n) is 11.1. The maximum absolute atomic E-state index is 11.1. The highest BCUT2D eigenvalue weighted by atomic mass is 32.1. The molecule has 17 heavy (non-hydrogen) atoms. The lowest BCUT2D eigenvalue weighted by molar-refractivity contribution is -0.123. The molecule has 1 amide bonds. The number of nitrogens with zero attached hydrogens (tertiary/aromatic N) is 1. The van der Waals surface area contributed by atoms with Gasteiger partial charge in [0.05, 0.1) is 11.2 Å². The molecule has 0 fully saturated rings. The summed E-state index contributed by atoms with van der Waals surface area (Å²) >= 11 is 1.60. The van der Waals surface area contributed by atoms with Gasteiger partial charge in [0.1, 0.15) is 5.01 Å². The van der Waals surface area contributed by atoms with Gasteiger partial charge in [0.25, 0.3) is 0 Å². The van der Waals surface area contributed by atoms with Crippen LogP contribution in [0.2, 0.25) is 0 Å². The maximum Gasteiger partial charge on any atom is 0.237 e. The predicted octanol–water partition coefficient (Wildman–Crippen LogP) is 1.79. The fourth-order valence-corrected chi connectivity index (χ4v) is 2.08. The van der Waals surface area contributed by atoms with Gasteiger partial charge in [-0.1, -0.05) is 20.8 Å². The van der Waals surface area contributed by atoms with E-state index in [-0.39, 0.29) is 11.3 Å². The molecule has 0 aliphatic heterocycles. The number of hydrogen-bond acceptors (Lipinski definition) is 4. The normalized spacial score (nSPS) is 12.8. The first-order valence-corrected chi connectivity index (χ1v) is 6.51. The summed E-state index contributed by atoms with van der Waals surface area (Å²) < 4.78 is 0. The summed E-state index contributed by atoms with van der Waals surface area (Å²) in [6, 6.07) is 0. The molecule has 1 aromatic heterocycles. The number of hydrogen-bond donors (Lipinski definition) is 2. The Bertz CT molecular complexity index is 404. The Balaban J connectivity index is 2.66. The van der Waals surface area contributed by atoms with Crippen LogP contribution < -0.4 is 11.1 Å². The van der Waals surface area contributed by atoms with Gasteiger partial charge >= 0.3 is 0 Å². The molecule has 1 heterocycles. The lowest BCUT2D eigenvalue weighted by atomic mass is 9.93. The van der Waals surface area contributed by atoms with Crippen molar-refractivity contribution in [2.75, 3.05) is 0 Å². The monoisotopic (exact) mass is 255 g/mol. The highest BCUT2D eigenvalue weighted by Crippen LogP contribution is 2.23. The highest BCUT2D eigenvalue weighted by molar-refractivity contribution is 7.09. The third-order valence-corrected chi connectivity index (χ3v) is 3.47. The summed E-state index contributed by atoms with van der Waals surface area (Å²) in [7, 11) is 0. The van der Waals surface area contributed by atoms with Crippen molar-refractivity contribution >= 4 is 17.2 Å². The van der Waals surface area contributed by atoms with Crippen molar-refractivity contribution in [1.82, 2.24) is 10.3 Å². The van der Waals surface area contributed by atoms with E-state index in [1.54, 1.807) is 25.2 Å². The molecule has 0 atom stereocenters. The minimum Gasteiger partial charge on any atom is -0.368 e. The van der Waals surface area contributed by atoms with Crippen LogP contribution in [0.25, 0.3) is 0 Å². The summed E-state index contributed by atoms with van der Waals surface area (Å²) in [6.07, 6.45) is 0. The van der Waals surface area contributed by atoms with Crippen molar-refractivity contribution in [1.29, 1.82) is 0 Å². The van der Waals surface area contributed by atoms with Crippen molar-refractivity contribution < 1.29 is 4.79 Å².